The highest BCUT2D eigenvalue weighted by Gasteiger charge is 2.24. The second kappa shape index (κ2) is 8.85. The number of hydrogen-bond donors (Lipinski definition) is 0. The minimum Gasteiger partial charge on any atom is -0.337 e. The summed E-state index contributed by atoms with van der Waals surface area (Å²) in [7, 11) is -2.11. The van der Waals surface area contributed by atoms with Gasteiger partial charge in [0.05, 0.1) is 18.5 Å². The number of amides is 1. The molecule has 1 amide bonds. The Hall–Kier alpha value is -2.91. The van der Waals surface area contributed by atoms with Gasteiger partial charge in [0.2, 0.25) is 27.6 Å². The third-order valence-electron chi connectivity index (χ3n) is 4.43. The van der Waals surface area contributed by atoms with Crippen molar-refractivity contribution in [2.24, 2.45) is 0 Å². The summed E-state index contributed by atoms with van der Waals surface area (Å²) >= 11 is 5.88. The molecule has 0 saturated carbocycles. The highest BCUT2D eigenvalue weighted by atomic mass is 35.5. The molecular weight excluding hydrogens is 428 g/mol. The Kier molecular flexibility index (Phi) is 6.42. The van der Waals surface area contributed by atoms with Gasteiger partial charge in [-0.2, -0.15) is 4.98 Å². The molecule has 1 aromatic heterocycles. The van der Waals surface area contributed by atoms with E-state index in [1.807, 2.05) is 0 Å². The van der Waals surface area contributed by atoms with Gasteiger partial charge >= 0.3 is 0 Å². The lowest BCUT2D eigenvalue weighted by atomic mass is 10.2. The second-order valence-electron chi connectivity index (χ2n) is 6.82. The predicted octanol–water partition coefficient (Wildman–Crippen LogP) is 3.12. The van der Waals surface area contributed by atoms with Crippen molar-refractivity contribution >= 4 is 33.2 Å². The van der Waals surface area contributed by atoms with Gasteiger partial charge in [0.25, 0.3) is 0 Å². The van der Waals surface area contributed by atoms with Crippen LogP contribution in [-0.4, -0.2) is 49.2 Å². The topological polar surface area (TPSA) is 96.6 Å². The molecule has 0 aliphatic heterocycles. The molecule has 8 nitrogen and oxygen atoms in total. The maximum Gasteiger partial charge on any atom is 0.246 e. The lowest BCUT2D eigenvalue weighted by Gasteiger charge is -2.25. The fraction of sp³-hybridized carbons (Fsp3) is 0.250. The molecule has 3 rings (SSSR count). The Morgan fingerprint density at radius 3 is 2.43 bits per heavy atom. The summed E-state index contributed by atoms with van der Waals surface area (Å²) in [6.45, 7) is 1.50. The molecule has 0 saturated heterocycles. The van der Waals surface area contributed by atoms with Crippen LogP contribution < -0.4 is 4.31 Å². The van der Waals surface area contributed by atoms with Gasteiger partial charge in [-0.05, 0) is 42.8 Å². The molecule has 30 heavy (non-hydrogen) atoms. The van der Waals surface area contributed by atoms with Gasteiger partial charge in [0.15, 0.2) is 0 Å². The van der Waals surface area contributed by atoms with Gasteiger partial charge < -0.3 is 9.42 Å². The standard InChI is InChI=1S/C20H21ClN4O4S/c1-14-6-4-5-7-17(14)25(30(3,27)28)13-19(26)24(2)12-18-22-20(23-29-18)15-8-10-16(21)11-9-15/h4-11H,12-13H2,1-3H3. The second-order valence-corrected chi connectivity index (χ2v) is 9.17. The van der Waals surface area contributed by atoms with E-state index in [0.29, 0.717) is 16.5 Å². The van der Waals surface area contributed by atoms with Crippen LogP contribution in [-0.2, 0) is 21.4 Å². The average molecular weight is 449 g/mol. The summed E-state index contributed by atoms with van der Waals surface area (Å²) < 4.78 is 30.9. The van der Waals surface area contributed by atoms with Crippen molar-refractivity contribution in [2.45, 2.75) is 13.5 Å². The summed E-state index contributed by atoms with van der Waals surface area (Å²) in [5.74, 6) is 0.202. The van der Waals surface area contributed by atoms with E-state index in [4.69, 9.17) is 16.1 Å². The number of halogens is 1. The summed E-state index contributed by atoms with van der Waals surface area (Å²) in [6, 6.07) is 13.9. The molecule has 0 atom stereocenters. The molecule has 3 aromatic rings. The largest absolute Gasteiger partial charge is 0.337 e. The number of hydrogen-bond acceptors (Lipinski definition) is 6. The van der Waals surface area contributed by atoms with E-state index in [-0.39, 0.29) is 19.0 Å². The van der Waals surface area contributed by atoms with Crippen LogP contribution in [0.1, 0.15) is 11.5 Å². The first-order valence-corrected chi connectivity index (χ1v) is 11.2. The number of carbonyl (C=O) groups is 1. The van der Waals surface area contributed by atoms with Crippen LogP contribution >= 0.6 is 11.6 Å². The number of nitrogens with zero attached hydrogens (tertiary/aromatic N) is 4. The monoisotopic (exact) mass is 448 g/mol. The molecule has 0 bridgehead atoms. The minimum atomic E-state index is -3.65. The number of sulfonamides is 1. The molecule has 0 spiro atoms. The first-order valence-electron chi connectivity index (χ1n) is 9.01. The van der Waals surface area contributed by atoms with E-state index in [1.54, 1.807) is 62.5 Å². The van der Waals surface area contributed by atoms with Gasteiger partial charge in [-0.1, -0.05) is 35.0 Å². The minimum absolute atomic E-state index is 0.0464. The fourth-order valence-corrected chi connectivity index (χ4v) is 3.83. The smallest absolute Gasteiger partial charge is 0.246 e. The molecule has 2 aromatic carbocycles. The van der Waals surface area contributed by atoms with Gasteiger partial charge in [0.1, 0.15) is 6.54 Å². The number of benzene rings is 2. The van der Waals surface area contributed by atoms with Crippen molar-refractivity contribution in [3.8, 4) is 11.4 Å². The summed E-state index contributed by atoms with van der Waals surface area (Å²) in [4.78, 5) is 18.3. The average Bonchev–Trinajstić information content (AvgIpc) is 3.14. The van der Waals surface area contributed by atoms with Gasteiger partial charge in [-0.25, -0.2) is 8.42 Å². The van der Waals surface area contributed by atoms with E-state index in [1.165, 1.54) is 4.90 Å². The van der Waals surface area contributed by atoms with Crippen molar-refractivity contribution in [3.05, 3.63) is 65.0 Å². The Morgan fingerprint density at radius 2 is 1.80 bits per heavy atom. The Bertz CT molecular complexity index is 1150. The van der Waals surface area contributed by atoms with Gasteiger partial charge in [0, 0.05) is 17.6 Å². The quantitative estimate of drug-likeness (QED) is 0.551. The van der Waals surface area contributed by atoms with E-state index in [0.717, 1.165) is 21.7 Å². The van der Waals surface area contributed by atoms with Crippen molar-refractivity contribution in [3.63, 3.8) is 0 Å². The van der Waals surface area contributed by atoms with Crippen molar-refractivity contribution in [2.75, 3.05) is 24.2 Å². The Morgan fingerprint density at radius 1 is 1.13 bits per heavy atom. The third kappa shape index (κ3) is 5.17. The zero-order valence-electron chi connectivity index (χ0n) is 16.7. The Balaban J connectivity index is 1.72. The molecule has 0 aliphatic rings. The van der Waals surface area contributed by atoms with Crippen molar-refractivity contribution in [1.29, 1.82) is 0 Å². The zero-order valence-corrected chi connectivity index (χ0v) is 18.3. The van der Waals surface area contributed by atoms with E-state index < -0.39 is 15.9 Å². The van der Waals surface area contributed by atoms with Crippen LogP contribution in [0.2, 0.25) is 5.02 Å². The number of aromatic nitrogens is 2. The highest BCUT2D eigenvalue weighted by molar-refractivity contribution is 7.92. The normalized spacial score (nSPS) is 11.3. The van der Waals surface area contributed by atoms with E-state index in [2.05, 4.69) is 10.1 Å². The van der Waals surface area contributed by atoms with Crippen LogP contribution in [0, 0.1) is 6.92 Å². The molecule has 0 unspecified atom stereocenters. The highest BCUT2D eigenvalue weighted by Crippen LogP contribution is 2.22. The SMILES string of the molecule is Cc1ccccc1N(CC(=O)N(C)Cc1nc(-c2ccc(Cl)cc2)no1)S(C)(=O)=O. The molecule has 158 valence electrons. The van der Waals surface area contributed by atoms with Gasteiger partial charge in [-0.3, -0.25) is 9.10 Å². The molecule has 0 radical (unpaired) electrons. The lowest BCUT2D eigenvalue weighted by molar-refractivity contribution is -0.129. The number of para-hydroxylation sites is 1. The fourth-order valence-electron chi connectivity index (χ4n) is 2.79. The van der Waals surface area contributed by atoms with Crippen LogP contribution in [0.15, 0.2) is 53.1 Å². The van der Waals surface area contributed by atoms with Crippen molar-refractivity contribution < 1.29 is 17.7 Å². The first-order chi connectivity index (χ1) is 14.1. The van der Waals surface area contributed by atoms with E-state index >= 15 is 0 Å². The summed E-state index contributed by atoms with van der Waals surface area (Å²) in [5.41, 5.74) is 1.94. The Labute approximate surface area is 180 Å². The molecule has 0 fully saturated rings. The lowest BCUT2D eigenvalue weighted by Crippen LogP contribution is -2.41. The van der Waals surface area contributed by atoms with Crippen molar-refractivity contribution in [1.82, 2.24) is 15.0 Å². The van der Waals surface area contributed by atoms with Crippen LogP contribution in [0.3, 0.4) is 0 Å². The number of carbonyl (C=O) groups excluding carboxylic acids is 1. The molecule has 0 aliphatic carbocycles. The zero-order chi connectivity index (χ0) is 21.9. The molecule has 0 N–H and O–H groups in total. The van der Waals surface area contributed by atoms with Gasteiger partial charge in [-0.15, -0.1) is 0 Å². The summed E-state index contributed by atoms with van der Waals surface area (Å²) in [5, 5.41) is 4.51. The van der Waals surface area contributed by atoms with Crippen LogP contribution in [0.25, 0.3) is 11.4 Å². The molecule has 1 heterocycles. The molecule has 10 heteroatoms. The third-order valence-corrected chi connectivity index (χ3v) is 5.81. The molecular formula is C20H21ClN4O4S. The summed E-state index contributed by atoms with van der Waals surface area (Å²) in [6.07, 6.45) is 1.07. The number of aryl methyl sites for hydroxylation is 1. The number of rotatable bonds is 7. The number of likely N-dealkylation sites (N-methyl/N-ethyl adjacent to an activating group) is 1. The van der Waals surface area contributed by atoms with E-state index in [9.17, 15) is 13.2 Å². The predicted molar refractivity (Wildman–Crippen MR) is 115 cm³/mol. The maximum atomic E-state index is 12.7. The van der Waals surface area contributed by atoms with Crippen LogP contribution in [0.4, 0.5) is 5.69 Å². The van der Waals surface area contributed by atoms with Crippen LogP contribution in [0.5, 0.6) is 0 Å². The number of anilines is 1. The first kappa shape index (κ1) is 21.8. The maximum absolute atomic E-state index is 12.7.